The van der Waals surface area contributed by atoms with Gasteiger partial charge in [-0.15, -0.1) is 0 Å². The quantitative estimate of drug-likeness (QED) is 0.731. The first-order valence-electron chi connectivity index (χ1n) is 7.98. The summed E-state index contributed by atoms with van der Waals surface area (Å²) < 4.78 is 5.75. The Morgan fingerprint density at radius 3 is 2.95 bits per heavy atom. The van der Waals surface area contributed by atoms with Crippen LogP contribution in [-0.4, -0.2) is 47.6 Å². The van der Waals surface area contributed by atoms with Crippen molar-refractivity contribution in [2.45, 2.75) is 50.7 Å². The molecule has 2 fully saturated rings. The highest BCUT2D eigenvalue weighted by Gasteiger charge is 2.31. The summed E-state index contributed by atoms with van der Waals surface area (Å²) in [6, 6.07) is 0.446. The number of hydrogen-bond acceptors (Lipinski definition) is 3. The summed E-state index contributed by atoms with van der Waals surface area (Å²) in [7, 11) is 0. The maximum atomic E-state index is 12.7. The van der Waals surface area contributed by atoms with Crippen molar-refractivity contribution in [1.82, 2.24) is 4.90 Å². The Bertz CT molecular complexity index is 359. The van der Waals surface area contributed by atoms with Crippen LogP contribution >= 0.6 is 11.8 Å². The lowest BCUT2D eigenvalue weighted by Gasteiger charge is -2.31. The second-order valence-corrected chi connectivity index (χ2v) is 7.32. The Morgan fingerprint density at radius 2 is 2.30 bits per heavy atom. The standard InChI is InChI=1S/C16H25NO2S/c18-16(10-13-4-1-2-5-13)17(14-7-9-20-12-14)11-15-6-3-8-19-15/h1,4,13-15H,2-3,5-12H2/t13-,14+,15-/m1/s1. The monoisotopic (exact) mass is 295 g/mol. The molecule has 3 rings (SSSR count). The predicted octanol–water partition coefficient (Wildman–Crippen LogP) is 2.86. The van der Waals surface area contributed by atoms with Crippen LogP contribution in [0, 0.1) is 5.92 Å². The van der Waals surface area contributed by atoms with Crippen molar-refractivity contribution in [2.75, 3.05) is 24.7 Å². The van der Waals surface area contributed by atoms with Gasteiger partial charge in [0, 0.05) is 31.4 Å². The largest absolute Gasteiger partial charge is 0.376 e. The summed E-state index contributed by atoms with van der Waals surface area (Å²) in [5, 5.41) is 0. The van der Waals surface area contributed by atoms with E-state index in [4.69, 9.17) is 4.74 Å². The number of nitrogens with zero attached hydrogens (tertiary/aromatic N) is 1. The first-order valence-corrected chi connectivity index (χ1v) is 9.14. The average Bonchev–Trinajstić information content (AvgIpc) is 3.19. The van der Waals surface area contributed by atoms with E-state index in [-0.39, 0.29) is 6.10 Å². The van der Waals surface area contributed by atoms with E-state index in [1.807, 2.05) is 11.8 Å². The molecule has 0 spiro atoms. The molecule has 0 radical (unpaired) electrons. The minimum atomic E-state index is 0.281. The van der Waals surface area contributed by atoms with Gasteiger partial charge >= 0.3 is 0 Å². The van der Waals surface area contributed by atoms with Crippen molar-refractivity contribution < 1.29 is 9.53 Å². The number of carbonyl (C=O) groups is 1. The van der Waals surface area contributed by atoms with E-state index in [0.29, 0.717) is 24.3 Å². The number of thioether (sulfide) groups is 1. The second kappa shape index (κ2) is 6.99. The molecule has 0 N–H and O–H groups in total. The van der Waals surface area contributed by atoms with Crippen molar-refractivity contribution in [3.63, 3.8) is 0 Å². The van der Waals surface area contributed by atoms with Gasteiger partial charge in [-0.05, 0) is 43.8 Å². The molecule has 0 aromatic carbocycles. The van der Waals surface area contributed by atoms with Crippen LogP contribution < -0.4 is 0 Å². The smallest absolute Gasteiger partial charge is 0.223 e. The molecule has 0 bridgehead atoms. The number of hydrogen-bond donors (Lipinski definition) is 0. The van der Waals surface area contributed by atoms with Crippen LogP contribution in [0.1, 0.15) is 38.5 Å². The topological polar surface area (TPSA) is 29.5 Å². The molecule has 20 heavy (non-hydrogen) atoms. The lowest BCUT2D eigenvalue weighted by Crippen LogP contribution is -2.45. The van der Waals surface area contributed by atoms with E-state index >= 15 is 0 Å². The highest BCUT2D eigenvalue weighted by atomic mass is 32.2. The summed E-state index contributed by atoms with van der Waals surface area (Å²) in [5.41, 5.74) is 0. The van der Waals surface area contributed by atoms with Gasteiger partial charge in [0.05, 0.1) is 6.10 Å². The molecule has 4 heteroatoms. The van der Waals surface area contributed by atoms with Crippen LogP contribution in [0.15, 0.2) is 12.2 Å². The van der Waals surface area contributed by atoms with Gasteiger partial charge in [0.1, 0.15) is 0 Å². The SMILES string of the molecule is O=C(C[C@@H]1C=CCC1)N(C[C@H]1CCCO1)[C@H]1CCSC1. The molecule has 3 aliphatic rings. The molecule has 1 amide bonds. The van der Waals surface area contributed by atoms with E-state index in [1.165, 1.54) is 5.75 Å². The third kappa shape index (κ3) is 3.59. The van der Waals surface area contributed by atoms with E-state index in [1.54, 1.807) is 0 Å². The van der Waals surface area contributed by atoms with Crippen molar-refractivity contribution >= 4 is 17.7 Å². The number of ether oxygens (including phenoxy) is 1. The lowest BCUT2D eigenvalue weighted by molar-refractivity contribution is -0.135. The second-order valence-electron chi connectivity index (χ2n) is 6.17. The van der Waals surface area contributed by atoms with E-state index < -0.39 is 0 Å². The van der Waals surface area contributed by atoms with Gasteiger partial charge in [0.2, 0.25) is 5.91 Å². The summed E-state index contributed by atoms with van der Waals surface area (Å²) in [6.45, 7) is 1.69. The van der Waals surface area contributed by atoms with Crippen LogP contribution in [-0.2, 0) is 9.53 Å². The number of amides is 1. The van der Waals surface area contributed by atoms with Gasteiger partial charge in [0.15, 0.2) is 0 Å². The van der Waals surface area contributed by atoms with Crippen molar-refractivity contribution in [3.8, 4) is 0 Å². The predicted molar refractivity (Wildman–Crippen MR) is 82.9 cm³/mol. The van der Waals surface area contributed by atoms with Gasteiger partial charge in [-0.3, -0.25) is 4.79 Å². The third-order valence-electron chi connectivity index (χ3n) is 4.64. The first-order chi connectivity index (χ1) is 9.83. The average molecular weight is 295 g/mol. The fourth-order valence-electron chi connectivity index (χ4n) is 3.44. The summed E-state index contributed by atoms with van der Waals surface area (Å²) >= 11 is 1.98. The fourth-order valence-corrected chi connectivity index (χ4v) is 4.66. The zero-order valence-corrected chi connectivity index (χ0v) is 12.9. The van der Waals surface area contributed by atoms with Crippen molar-refractivity contribution in [3.05, 3.63) is 12.2 Å². The van der Waals surface area contributed by atoms with E-state index in [9.17, 15) is 4.79 Å². The van der Waals surface area contributed by atoms with Crippen LogP contribution in [0.25, 0.3) is 0 Å². The molecule has 3 nitrogen and oxygen atoms in total. The number of carbonyl (C=O) groups excluding carboxylic acids is 1. The molecule has 2 aliphatic heterocycles. The molecule has 1 aliphatic carbocycles. The normalized spacial score (nSPS) is 32.9. The minimum Gasteiger partial charge on any atom is -0.376 e. The first kappa shape index (κ1) is 14.5. The molecule has 0 unspecified atom stereocenters. The van der Waals surface area contributed by atoms with E-state index in [2.05, 4.69) is 17.1 Å². The molecule has 0 aromatic heterocycles. The van der Waals surface area contributed by atoms with Gasteiger partial charge in [0.25, 0.3) is 0 Å². The molecule has 0 saturated carbocycles. The third-order valence-corrected chi connectivity index (χ3v) is 5.79. The highest BCUT2D eigenvalue weighted by molar-refractivity contribution is 7.99. The lowest BCUT2D eigenvalue weighted by atomic mass is 10.0. The molecular formula is C16H25NO2S. The minimum absolute atomic E-state index is 0.281. The molecule has 2 saturated heterocycles. The maximum Gasteiger partial charge on any atom is 0.223 e. The van der Waals surface area contributed by atoms with Crippen LogP contribution in [0.5, 0.6) is 0 Å². The van der Waals surface area contributed by atoms with Crippen LogP contribution in [0.3, 0.4) is 0 Å². The van der Waals surface area contributed by atoms with Crippen molar-refractivity contribution in [2.24, 2.45) is 5.92 Å². The zero-order valence-electron chi connectivity index (χ0n) is 12.1. The Kier molecular flexibility index (Phi) is 5.05. The Labute approximate surface area is 126 Å². The van der Waals surface area contributed by atoms with Crippen LogP contribution in [0.4, 0.5) is 0 Å². The van der Waals surface area contributed by atoms with Gasteiger partial charge < -0.3 is 9.64 Å². The maximum absolute atomic E-state index is 12.7. The fraction of sp³-hybridized carbons (Fsp3) is 0.812. The van der Waals surface area contributed by atoms with Gasteiger partial charge in [-0.25, -0.2) is 0 Å². The summed E-state index contributed by atoms with van der Waals surface area (Å²) in [6.07, 6.45) is 11.1. The van der Waals surface area contributed by atoms with Crippen LogP contribution in [0.2, 0.25) is 0 Å². The summed E-state index contributed by atoms with van der Waals surface area (Å²) in [5.74, 6) is 3.13. The van der Waals surface area contributed by atoms with Crippen molar-refractivity contribution in [1.29, 1.82) is 0 Å². The zero-order chi connectivity index (χ0) is 13.8. The highest BCUT2D eigenvalue weighted by Crippen LogP contribution is 2.27. The Morgan fingerprint density at radius 1 is 1.35 bits per heavy atom. The summed E-state index contributed by atoms with van der Waals surface area (Å²) in [4.78, 5) is 14.9. The number of allylic oxidation sites excluding steroid dienone is 2. The molecule has 0 aromatic rings. The molecule has 3 atom stereocenters. The molecule has 2 heterocycles. The van der Waals surface area contributed by atoms with Gasteiger partial charge in [-0.1, -0.05) is 12.2 Å². The Balaban J connectivity index is 1.60. The molecule has 112 valence electrons. The van der Waals surface area contributed by atoms with Gasteiger partial charge in [-0.2, -0.15) is 11.8 Å². The molecular weight excluding hydrogens is 270 g/mol. The Hall–Kier alpha value is -0.480. The number of rotatable bonds is 5. The van der Waals surface area contributed by atoms with E-state index in [0.717, 1.165) is 51.0 Å².